The molecule has 0 radical (unpaired) electrons. The number of allylic oxidation sites excluding steroid dienone is 1. The molecule has 0 spiro atoms. The van der Waals surface area contributed by atoms with Crippen LogP contribution in [-0.4, -0.2) is 21.6 Å². The second-order valence-corrected chi connectivity index (χ2v) is 9.29. The van der Waals surface area contributed by atoms with Crippen LogP contribution in [0.5, 0.6) is 0 Å². The van der Waals surface area contributed by atoms with Gasteiger partial charge in [-0.25, -0.2) is 4.79 Å². The zero-order chi connectivity index (χ0) is 21.2. The summed E-state index contributed by atoms with van der Waals surface area (Å²) in [5.74, 6) is 0.330. The number of aryl methyl sites for hydroxylation is 1. The Bertz CT molecular complexity index is 803. The van der Waals surface area contributed by atoms with E-state index in [4.69, 9.17) is 4.74 Å². The van der Waals surface area contributed by atoms with Gasteiger partial charge in [0, 0.05) is 10.9 Å². The second kappa shape index (κ2) is 11.6. The molecule has 0 saturated heterocycles. The normalized spacial score (nSPS) is 14.1. The van der Waals surface area contributed by atoms with Gasteiger partial charge in [-0.3, -0.25) is 4.21 Å². The summed E-state index contributed by atoms with van der Waals surface area (Å²) in [6.07, 6.45) is 2.52. The lowest BCUT2D eigenvalue weighted by atomic mass is 9.99. The highest BCUT2D eigenvalue weighted by atomic mass is 32.2. The molecule has 3 atom stereocenters. The van der Waals surface area contributed by atoms with Crippen LogP contribution in [0.2, 0.25) is 0 Å². The van der Waals surface area contributed by atoms with E-state index in [9.17, 15) is 9.00 Å². The maximum absolute atomic E-state index is 13.3. The van der Waals surface area contributed by atoms with Gasteiger partial charge < -0.3 is 10.1 Å². The van der Waals surface area contributed by atoms with Gasteiger partial charge >= 0.3 is 6.09 Å². The van der Waals surface area contributed by atoms with Crippen LogP contribution in [0.1, 0.15) is 37.8 Å². The summed E-state index contributed by atoms with van der Waals surface area (Å²) in [4.78, 5) is 13.2. The molecular formula is C24H31NO3S. The van der Waals surface area contributed by atoms with E-state index in [1.54, 1.807) is 6.08 Å². The Kier molecular flexibility index (Phi) is 9.13. The average molecular weight is 414 g/mol. The minimum Gasteiger partial charge on any atom is -0.445 e. The van der Waals surface area contributed by atoms with Crippen molar-refractivity contribution < 1.29 is 13.7 Å². The van der Waals surface area contributed by atoms with Crippen molar-refractivity contribution in [2.24, 2.45) is 5.92 Å². The van der Waals surface area contributed by atoms with Crippen molar-refractivity contribution in [3.8, 4) is 0 Å². The molecule has 0 heterocycles. The summed E-state index contributed by atoms with van der Waals surface area (Å²) in [7, 11) is -1.27. The van der Waals surface area contributed by atoms with Crippen LogP contribution >= 0.6 is 0 Å². The average Bonchev–Trinajstić information content (AvgIpc) is 2.70. The SMILES string of the molecule is C=CC[C@@H]([C@H](CC(C)C)NC(=O)OCc1ccccc1)S(=O)c1ccc(C)cc1. The maximum Gasteiger partial charge on any atom is 0.407 e. The summed E-state index contributed by atoms with van der Waals surface area (Å²) in [5.41, 5.74) is 2.04. The summed E-state index contributed by atoms with van der Waals surface area (Å²) in [6.45, 7) is 10.2. The molecule has 5 heteroatoms. The van der Waals surface area contributed by atoms with Crippen molar-refractivity contribution in [2.45, 2.75) is 56.4 Å². The van der Waals surface area contributed by atoms with Gasteiger partial charge in [-0.05, 0) is 43.4 Å². The fourth-order valence-corrected chi connectivity index (χ4v) is 4.68. The van der Waals surface area contributed by atoms with E-state index in [0.717, 1.165) is 16.0 Å². The van der Waals surface area contributed by atoms with Gasteiger partial charge in [0.2, 0.25) is 0 Å². The molecular weight excluding hydrogens is 382 g/mol. The highest BCUT2D eigenvalue weighted by Crippen LogP contribution is 2.22. The Morgan fingerprint density at radius 2 is 1.79 bits per heavy atom. The summed E-state index contributed by atoms with van der Waals surface area (Å²) < 4.78 is 18.7. The first kappa shape index (κ1) is 22.9. The number of hydrogen-bond donors (Lipinski definition) is 1. The number of hydrogen-bond acceptors (Lipinski definition) is 3. The monoisotopic (exact) mass is 413 g/mol. The van der Waals surface area contributed by atoms with Crippen LogP contribution in [0, 0.1) is 12.8 Å². The molecule has 29 heavy (non-hydrogen) atoms. The smallest absolute Gasteiger partial charge is 0.407 e. The second-order valence-electron chi connectivity index (χ2n) is 7.62. The van der Waals surface area contributed by atoms with Gasteiger partial charge in [-0.1, -0.05) is 68.0 Å². The van der Waals surface area contributed by atoms with Gasteiger partial charge in [-0.15, -0.1) is 6.58 Å². The highest BCUT2D eigenvalue weighted by molar-refractivity contribution is 7.85. The quantitative estimate of drug-likeness (QED) is 0.532. The van der Waals surface area contributed by atoms with E-state index in [1.807, 2.05) is 61.5 Å². The fourth-order valence-electron chi connectivity index (χ4n) is 3.14. The largest absolute Gasteiger partial charge is 0.445 e. The topological polar surface area (TPSA) is 55.4 Å². The minimum absolute atomic E-state index is 0.203. The lowest BCUT2D eigenvalue weighted by molar-refractivity contribution is 0.134. The first-order valence-electron chi connectivity index (χ1n) is 9.96. The molecule has 0 aromatic heterocycles. The number of alkyl carbamates (subject to hydrolysis) is 1. The lowest BCUT2D eigenvalue weighted by Gasteiger charge is -2.28. The van der Waals surface area contributed by atoms with Crippen molar-refractivity contribution in [3.63, 3.8) is 0 Å². The Balaban J connectivity index is 2.12. The van der Waals surface area contributed by atoms with Crippen molar-refractivity contribution >= 4 is 16.9 Å². The zero-order valence-electron chi connectivity index (χ0n) is 17.5. The third-order valence-corrected chi connectivity index (χ3v) is 6.43. The highest BCUT2D eigenvalue weighted by Gasteiger charge is 2.29. The van der Waals surface area contributed by atoms with Crippen LogP contribution in [0.25, 0.3) is 0 Å². The van der Waals surface area contributed by atoms with Crippen LogP contribution in [0.4, 0.5) is 4.79 Å². The standard InChI is InChI=1S/C24H31NO3S/c1-5-9-23(29(27)21-14-12-19(4)13-15-21)22(16-18(2)3)25-24(26)28-17-20-10-7-6-8-11-20/h5-8,10-15,18,22-23H,1,9,16-17H2,2-4H3,(H,25,26)/t22-,23-,29?/m0/s1. The molecule has 1 unspecified atom stereocenters. The number of amides is 1. The fraction of sp³-hybridized carbons (Fsp3) is 0.375. The van der Waals surface area contributed by atoms with Crippen LogP contribution in [0.3, 0.4) is 0 Å². The molecule has 4 nitrogen and oxygen atoms in total. The van der Waals surface area contributed by atoms with Gasteiger partial charge in [0.05, 0.1) is 16.0 Å². The van der Waals surface area contributed by atoms with E-state index < -0.39 is 16.9 Å². The minimum atomic E-state index is -1.27. The van der Waals surface area contributed by atoms with E-state index in [-0.39, 0.29) is 17.9 Å². The van der Waals surface area contributed by atoms with E-state index in [1.165, 1.54) is 0 Å². The predicted molar refractivity (Wildman–Crippen MR) is 119 cm³/mol. The Morgan fingerprint density at radius 3 is 2.38 bits per heavy atom. The van der Waals surface area contributed by atoms with E-state index in [2.05, 4.69) is 25.7 Å². The Hall–Kier alpha value is -2.40. The van der Waals surface area contributed by atoms with Gasteiger partial charge in [0.15, 0.2) is 0 Å². The molecule has 0 bridgehead atoms. The van der Waals surface area contributed by atoms with E-state index in [0.29, 0.717) is 18.8 Å². The first-order chi connectivity index (χ1) is 13.9. The van der Waals surface area contributed by atoms with Crippen molar-refractivity contribution in [1.82, 2.24) is 5.32 Å². The zero-order valence-corrected chi connectivity index (χ0v) is 18.3. The molecule has 2 rings (SSSR count). The van der Waals surface area contributed by atoms with Crippen molar-refractivity contribution in [3.05, 3.63) is 78.4 Å². The number of nitrogens with one attached hydrogen (secondary N) is 1. The molecule has 0 aliphatic carbocycles. The van der Waals surface area contributed by atoms with Gasteiger partial charge in [0.1, 0.15) is 6.61 Å². The number of benzene rings is 2. The Morgan fingerprint density at radius 1 is 1.14 bits per heavy atom. The number of rotatable bonds is 10. The first-order valence-corrected chi connectivity index (χ1v) is 11.2. The third-order valence-electron chi connectivity index (χ3n) is 4.62. The Labute approximate surface area is 176 Å². The third kappa shape index (κ3) is 7.50. The number of carbonyl (C=O) groups excluding carboxylic acids is 1. The molecule has 2 aromatic carbocycles. The molecule has 0 aliphatic rings. The molecule has 1 amide bonds. The molecule has 1 N–H and O–H groups in total. The van der Waals surface area contributed by atoms with Gasteiger partial charge in [-0.2, -0.15) is 0 Å². The summed E-state index contributed by atoms with van der Waals surface area (Å²) >= 11 is 0. The molecule has 0 fully saturated rings. The lowest BCUT2D eigenvalue weighted by Crippen LogP contribution is -2.46. The number of carbonyl (C=O) groups is 1. The maximum atomic E-state index is 13.3. The van der Waals surface area contributed by atoms with Crippen molar-refractivity contribution in [2.75, 3.05) is 0 Å². The van der Waals surface area contributed by atoms with Crippen LogP contribution in [-0.2, 0) is 22.1 Å². The summed E-state index contributed by atoms with van der Waals surface area (Å²) in [6, 6.07) is 17.0. The molecule has 0 aliphatic heterocycles. The van der Waals surface area contributed by atoms with Crippen LogP contribution < -0.4 is 5.32 Å². The van der Waals surface area contributed by atoms with Gasteiger partial charge in [0.25, 0.3) is 0 Å². The molecule has 0 saturated carbocycles. The number of ether oxygens (including phenoxy) is 1. The molecule has 2 aromatic rings. The summed E-state index contributed by atoms with van der Waals surface area (Å²) in [5, 5.41) is 2.69. The van der Waals surface area contributed by atoms with E-state index >= 15 is 0 Å². The predicted octanol–water partition coefficient (Wildman–Crippen LogP) is 5.39. The van der Waals surface area contributed by atoms with Crippen molar-refractivity contribution in [1.29, 1.82) is 0 Å². The van der Waals surface area contributed by atoms with Crippen LogP contribution in [0.15, 0.2) is 72.1 Å². The molecule has 156 valence electrons.